The lowest BCUT2D eigenvalue weighted by molar-refractivity contribution is 0.0926. The van der Waals surface area contributed by atoms with Gasteiger partial charge in [-0.15, -0.1) is 0 Å². The molecule has 2 heterocycles. The zero-order valence-electron chi connectivity index (χ0n) is 13.2. The fraction of sp³-hybridized carbons (Fsp3) is 0.611. The van der Waals surface area contributed by atoms with Crippen LogP contribution in [0.1, 0.15) is 57.6 Å². The van der Waals surface area contributed by atoms with Crippen LogP contribution in [0.15, 0.2) is 24.5 Å². The first kappa shape index (κ1) is 16.0. The molecule has 1 atom stereocenters. The van der Waals surface area contributed by atoms with Crippen LogP contribution in [0, 0.1) is 11.8 Å². The van der Waals surface area contributed by atoms with Gasteiger partial charge in [0.15, 0.2) is 0 Å². The number of nitrogens with zero attached hydrogens (tertiary/aromatic N) is 2. The maximum Gasteiger partial charge on any atom is 0.125 e. The SMILES string of the molecule is CCC(O)(C#CCN1CCCC[C@H]1c1cccnc1)CC. The Morgan fingerprint density at radius 1 is 1.38 bits per heavy atom. The highest BCUT2D eigenvalue weighted by atomic mass is 16.3. The van der Waals surface area contributed by atoms with Gasteiger partial charge in [0.2, 0.25) is 0 Å². The minimum Gasteiger partial charge on any atom is -0.378 e. The maximum absolute atomic E-state index is 10.2. The number of piperidine rings is 1. The van der Waals surface area contributed by atoms with Crippen LogP contribution >= 0.6 is 0 Å². The molecule has 21 heavy (non-hydrogen) atoms. The van der Waals surface area contributed by atoms with E-state index in [2.05, 4.69) is 27.8 Å². The number of hydrogen-bond acceptors (Lipinski definition) is 3. The number of aromatic nitrogens is 1. The summed E-state index contributed by atoms with van der Waals surface area (Å²) in [6.07, 6.45) is 8.80. The summed E-state index contributed by atoms with van der Waals surface area (Å²) in [5, 5.41) is 10.2. The van der Waals surface area contributed by atoms with Crippen LogP contribution in [0.3, 0.4) is 0 Å². The monoisotopic (exact) mass is 286 g/mol. The molecule has 0 unspecified atom stereocenters. The quantitative estimate of drug-likeness (QED) is 0.864. The number of hydrogen-bond donors (Lipinski definition) is 1. The molecule has 1 aliphatic rings. The Labute approximate surface area is 128 Å². The fourth-order valence-electron chi connectivity index (χ4n) is 2.86. The van der Waals surface area contributed by atoms with E-state index in [1.54, 1.807) is 0 Å². The summed E-state index contributed by atoms with van der Waals surface area (Å²) in [7, 11) is 0. The molecule has 1 aromatic rings. The molecular formula is C18H26N2O. The van der Waals surface area contributed by atoms with Gasteiger partial charge >= 0.3 is 0 Å². The highest BCUT2D eigenvalue weighted by molar-refractivity contribution is 5.18. The summed E-state index contributed by atoms with van der Waals surface area (Å²) in [6, 6.07) is 4.57. The second kappa shape index (κ2) is 7.59. The van der Waals surface area contributed by atoms with Crippen molar-refractivity contribution in [2.75, 3.05) is 13.1 Å². The molecule has 1 saturated heterocycles. The molecule has 0 aliphatic carbocycles. The van der Waals surface area contributed by atoms with E-state index in [0.717, 1.165) is 13.1 Å². The van der Waals surface area contributed by atoms with E-state index < -0.39 is 5.60 Å². The number of likely N-dealkylation sites (tertiary alicyclic amines) is 1. The summed E-state index contributed by atoms with van der Waals surface area (Å²) in [4.78, 5) is 6.65. The van der Waals surface area contributed by atoms with Gasteiger partial charge in [-0.2, -0.15) is 0 Å². The largest absolute Gasteiger partial charge is 0.378 e. The van der Waals surface area contributed by atoms with Crippen molar-refractivity contribution in [3.8, 4) is 11.8 Å². The smallest absolute Gasteiger partial charge is 0.125 e. The van der Waals surface area contributed by atoms with E-state index in [4.69, 9.17) is 0 Å². The van der Waals surface area contributed by atoms with Gasteiger partial charge in [-0.3, -0.25) is 9.88 Å². The van der Waals surface area contributed by atoms with Crippen molar-refractivity contribution in [1.82, 2.24) is 9.88 Å². The Morgan fingerprint density at radius 3 is 2.86 bits per heavy atom. The van der Waals surface area contributed by atoms with Gasteiger partial charge in [-0.25, -0.2) is 0 Å². The Morgan fingerprint density at radius 2 is 2.19 bits per heavy atom. The minimum atomic E-state index is -0.820. The van der Waals surface area contributed by atoms with Crippen LogP contribution in [0.5, 0.6) is 0 Å². The molecule has 1 aromatic heterocycles. The molecule has 0 radical (unpaired) electrons. The summed E-state index contributed by atoms with van der Waals surface area (Å²) < 4.78 is 0. The second-order valence-electron chi connectivity index (χ2n) is 5.81. The van der Waals surface area contributed by atoms with Gasteiger partial charge in [-0.05, 0) is 43.9 Å². The first-order valence-corrected chi connectivity index (χ1v) is 8.05. The average molecular weight is 286 g/mol. The van der Waals surface area contributed by atoms with Gasteiger partial charge in [0, 0.05) is 18.4 Å². The van der Waals surface area contributed by atoms with Gasteiger partial charge in [-0.1, -0.05) is 38.2 Å². The van der Waals surface area contributed by atoms with Crippen LogP contribution < -0.4 is 0 Å². The number of pyridine rings is 1. The van der Waals surface area contributed by atoms with Crippen LogP contribution in [0.2, 0.25) is 0 Å². The minimum absolute atomic E-state index is 0.415. The predicted molar refractivity (Wildman–Crippen MR) is 85.7 cm³/mol. The van der Waals surface area contributed by atoms with Crippen molar-refractivity contribution < 1.29 is 5.11 Å². The zero-order valence-corrected chi connectivity index (χ0v) is 13.2. The van der Waals surface area contributed by atoms with E-state index in [0.29, 0.717) is 18.9 Å². The lowest BCUT2D eigenvalue weighted by Crippen LogP contribution is -2.34. The molecule has 1 aliphatic heterocycles. The fourth-order valence-corrected chi connectivity index (χ4v) is 2.86. The van der Waals surface area contributed by atoms with E-state index in [-0.39, 0.29) is 0 Å². The molecule has 0 saturated carbocycles. The summed E-state index contributed by atoms with van der Waals surface area (Å²) in [6.45, 7) is 5.77. The lowest BCUT2D eigenvalue weighted by atomic mass is 9.96. The Bertz CT molecular complexity index is 485. The third-order valence-corrected chi connectivity index (χ3v) is 4.46. The molecule has 0 spiro atoms. The van der Waals surface area contributed by atoms with E-state index in [9.17, 15) is 5.11 Å². The van der Waals surface area contributed by atoms with Crippen LogP contribution in [-0.4, -0.2) is 33.7 Å². The van der Waals surface area contributed by atoms with E-state index in [1.807, 2.05) is 32.3 Å². The van der Waals surface area contributed by atoms with Crippen molar-refractivity contribution in [3.63, 3.8) is 0 Å². The summed E-state index contributed by atoms with van der Waals surface area (Å²) in [5.41, 5.74) is 0.458. The first-order chi connectivity index (χ1) is 10.2. The van der Waals surface area contributed by atoms with Gasteiger partial charge in [0.05, 0.1) is 6.54 Å². The number of rotatable bonds is 4. The van der Waals surface area contributed by atoms with Crippen molar-refractivity contribution >= 4 is 0 Å². The van der Waals surface area contributed by atoms with Gasteiger partial charge in [0.25, 0.3) is 0 Å². The van der Waals surface area contributed by atoms with Gasteiger partial charge in [0.1, 0.15) is 5.60 Å². The van der Waals surface area contributed by atoms with E-state index >= 15 is 0 Å². The van der Waals surface area contributed by atoms with Crippen molar-refractivity contribution in [3.05, 3.63) is 30.1 Å². The molecule has 0 amide bonds. The second-order valence-corrected chi connectivity index (χ2v) is 5.81. The van der Waals surface area contributed by atoms with Crippen molar-refractivity contribution in [2.24, 2.45) is 0 Å². The lowest BCUT2D eigenvalue weighted by Gasteiger charge is -2.34. The topological polar surface area (TPSA) is 36.4 Å². The molecule has 114 valence electrons. The highest BCUT2D eigenvalue weighted by Crippen LogP contribution is 2.29. The van der Waals surface area contributed by atoms with Crippen molar-refractivity contribution in [2.45, 2.75) is 57.6 Å². The normalized spacial score (nSPS) is 19.9. The summed E-state index contributed by atoms with van der Waals surface area (Å²) >= 11 is 0. The predicted octanol–water partition coefficient (Wildman–Crippen LogP) is 3.16. The molecule has 3 nitrogen and oxygen atoms in total. The molecule has 0 aromatic carbocycles. The molecule has 3 heteroatoms. The summed E-state index contributed by atoms with van der Waals surface area (Å²) in [5.74, 6) is 6.27. The third-order valence-electron chi connectivity index (χ3n) is 4.46. The molecular weight excluding hydrogens is 260 g/mol. The molecule has 1 fully saturated rings. The molecule has 1 N–H and O–H groups in total. The highest BCUT2D eigenvalue weighted by Gasteiger charge is 2.23. The Kier molecular flexibility index (Phi) is 5.78. The van der Waals surface area contributed by atoms with Crippen molar-refractivity contribution in [1.29, 1.82) is 0 Å². The van der Waals surface area contributed by atoms with Crippen LogP contribution in [0.25, 0.3) is 0 Å². The standard InChI is InChI=1S/C18H26N2O/c1-3-18(21,4-2)11-8-14-20-13-6-5-10-17(20)16-9-7-12-19-15-16/h7,9,12,15,17,21H,3-6,10,13-14H2,1-2H3/t17-/m0/s1. The maximum atomic E-state index is 10.2. The van der Waals surface area contributed by atoms with Crippen LogP contribution in [0.4, 0.5) is 0 Å². The average Bonchev–Trinajstić information content (AvgIpc) is 2.56. The number of aliphatic hydroxyl groups is 1. The van der Waals surface area contributed by atoms with Gasteiger partial charge < -0.3 is 5.11 Å². The molecule has 2 rings (SSSR count). The Hall–Kier alpha value is -1.37. The first-order valence-electron chi connectivity index (χ1n) is 8.05. The Balaban J connectivity index is 2.05. The zero-order chi connectivity index (χ0) is 15.1. The van der Waals surface area contributed by atoms with Crippen LogP contribution in [-0.2, 0) is 0 Å². The third kappa shape index (κ3) is 4.30. The molecule has 0 bridgehead atoms. The van der Waals surface area contributed by atoms with E-state index in [1.165, 1.54) is 24.8 Å².